The van der Waals surface area contributed by atoms with E-state index in [9.17, 15) is 18.3 Å². The van der Waals surface area contributed by atoms with E-state index in [4.69, 9.17) is 14.2 Å². The lowest BCUT2D eigenvalue weighted by Gasteiger charge is -2.34. The second-order valence-corrected chi connectivity index (χ2v) is 13.9. The molecule has 1 aliphatic heterocycles. The molecule has 11 heteroatoms. The van der Waals surface area contributed by atoms with Crippen LogP contribution in [0.25, 0.3) is 0 Å². The number of carbonyl (C=O) groups excluding carboxylic acids is 1. The molecule has 1 aliphatic rings. The molecule has 0 saturated carbocycles. The molecule has 4 aromatic rings. The zero-order chi connectivity index (χ0) is 34.3. The fourth-order valence-electron chi connectivity index (χ4n) is 5.65. The van der Waals surface area contributed by atoms with Gasteiger partial charge >= 0.3 is 0 Å². The number of benzene rings is 4. The standard InChI is InChI=1S/C37H43N3O7S/c1-26-22-40(27(2)25-41)37(42)21-29-20-30(38-48(43,44)34-17-15-31(45-4)16-18-34)12-19-35(29)47-36(26)24-39(3)23-28-10-13-33(14-11-28)46-32-8-6-5-7-9-32/h5-20,26-27,36,38,41H,21-25H2,1-4H3/t26-,27-,36+/m0/s1. The molecule has 254 valence electrons. The van der Waals surface area contributed by atoms with Crippen LogP contribution in [0.5, 0.6) is 23.0 Å². The molecular formula is C37H43N3O7S. The topological polar surface area (TPSA) is 118 Å². The first-order valence-corrected chi connectivity index (χ1v) is 17.4. The largest absolute Gasteiger partial charge is 0.497 e. The van der Waals surface area contributed by atoms with E-state index in [2.05, 4.69) is 9.62 Å². The van der Waals surface area contributed by atoms with Crippen molar-refractivity contribution >= 4 is 21.6 Å². The van der Waals surface area contributed by atoms with Crippen molar-refractivity contribution in [1.82, 2.24) is 9.80 Å². The zero-order valence-corrected chi connectivity index (χ0v) is 28.5. The maximum atomic E-state index is 13.6. The minimum atomic E-state index is -3.90. The average molecular weight is 674 g/mol. The van der Waals surface area contributed by atoms with Crippen molar-refractivity contribution < 1.29 is 32.5 Å². The summed E-state index contributed by atoms with van der Waals surface area (Å²) in [4.78, 5) is 17.6. The molecule has 1 heterocycles. The predicted octanol–water partition coefficient (Wildman–Crippen LogP) is 5.57. The first-order valence-electron chi connectivity index (χ1n) is 15.9. The van der Waals surface area contributed by atoms with Crippen molar-refractivity contribution in [2.45, 2.75) is 43.9 Å². The molecule has 0 radical (unpaired) electrons. The summed E-state index contributed by atoms with van der Waals surface area (Å²) in [5, 5.41) is 9.98. The van der Waals surface area contributed by atoms with E-state index in [0.717, 1.165) is 17.1 Å². The number of methoxy groups -OCH3 is 1. The smallest absolute Gasteiger partial charge is 0.261 e. The van der Waals surface area contributed by atoms with E-state index >= 15 is 0 Å². The van der Waals surface area contributed by atoms with Crippen LogP contribution in [0.15, 0.2) is 102 Å². The van der Waals surface area contributed by atoms with Crippen molar-refractivity contribution in [3.8, 4) is 23.0 Å². The van der Waals surface area contributed by atoms with Gasteiger partial charge in [-0.2, -0.15) is 0 Å². The Morgan fingerprint density at radius 1 is 0.979 bits per heavy atom. The highest BCUT2D eigenvalue weighted by Gasteiger charge is 2.31. The molecule has 10 nitrogen and oxygen atoms in total. The lowest BCUT2D eigenvalue weighted by atomic mass is 10.0. The number of hydrogen-bond acceptors (Lipinski definition) is 8. The Morgan fingerprint density at radius 2 is 1.65 bits per heavy atom. The van der Waals surface area contributed by atoms with Gasteiger partial charge in [0, 0.05) is 36.8 Å². The number of ether oxygens (including phenoxy) is 3. The molecule has 4 aromatic carbocycles. The Morgan fingerprint density at radius 3 is 2.31 bits per heavy atom. The Hall–Kier alpha value is -4.58. The zero-order valence-electron chi connectivity index (χ0n) is 27.7. The second kappa shape index (κ2) is 15.5. The van der Waals surface area contributed by atoms with E-state index in [0.29, 0.717) is 42.4 Å². The van der Waals surface area contributed by atoms with Crippen LogP contribution < -0.4 is 18.9 Å². The summed E-state index contributed by atoms with van der Waals surface area (Å²) in [6.45, 7) is 5.30. The summed E-state index contributed by atoms with van der Waals surface area (Å²) >= 11 is 0. The van der Waals surface area contributed by atoms with Crippen LogP contribution in [0.2, 0.25) is 0 Å². The first-order chi connectivity index (χ1) is 23.0. The third kappa shape index (κ3) is 8.85. The SMILES string of the molecule is COc1ccc(S(=O)(=O)Nc2ccc3c(c2)CC(=O)N([C@@H](C)CO)C[C@H](C)[C@@H](CN(C)Cc2ccc(Oc4ccccc4)cc2)O3)cc1. The molecule has 3 atom stereocenters. The van der Waals surface area contributed by atoms with Crippen molar-refractivity contribution in [2.75, 3.05) is 38.6 Å². The van der Waals surface area contributed by atoms with Crippen molar-refractivity contribution in [3.63, 3.8) is 0 Å². The van der Waals surface area contributed by atoms with Crippen LogP contribution in [0.3, 0.4) is 0 Å². The van der Waals surface area contributed by atoms with Gasteiger partial charge < -0.3 is 24.2 Å². The van der Waals surface area contributed by atoms with Gasteiger partial charge in [-0.1, -0.05) is 37.3 Å². The first kappa shape index (κ1) is 34.7. The third-order valence-corrected chi connectivity index (χ3v) is 9.78. The summed E-state index contributed by atoms with van der Waals surface area (Å²) in [6.07, 6.45) is -0.319. The fourth-order valence-corrected chi connectivity index (χ4v) is 6.70. The minimum Gasteiger partial charge on any atom is -0.497 e. The van der Waals surface area contributed by atoms with E-state index in [1.807, 2.05) is 75.5 Å². The van der Waals surface area contributed by atoms with Gasteiger partial charge in [0.25, 0.3) is 10.0 Å². The van der Waals surface area contributed by atoms with Crippen LogP contribution in [0.1, 0.15) is 25.0 Å². The van der Waals surface area contributed by atoms with E-state index < -0.39 is 16.1 Å². The normalized spacial score (nSPS) is 17.4. The van der Waals surface area contributed by atoms with Crippen LogP contribution in [0.4, 0.5) is 5.69 Å². The highest BCUT2D eigenvalue weighted by Crippen LogP contribution is 2.31. The lowest BCUT2D eigenvalue weighted by molar-refractivity contribution is -0.134. The molecular weight excluding hydrogens is 630 g/mol. The number of sulfonamides is 1. The summed E-state index contributed by atoms with van der Waals surface area (Å²) in [5.41, 5.74) is 1.97. The van der Waals surface area contributed by atoms with Crippen molar-refractivity contribution in [2.24, 2.45) is 5.92 Å². The maximum Gasteiger partial charge on any atom is 0.261 e. The predicted molar refractivity (Wildman–Crippen MR) is 185 cm³/mol. The van der Waals surface area contributed by atoms with Gasteiger partial charge in [0.2, 0.25) is 5.91 Å². The van der Waals surface area contributed by atoms with Crippen LogP contribution in [-0.2, 0) is 27.8 Å². The number of carbonyl (C=O) groups is 1. The van der Waals surface area contributed by atoms with Crippen molar-refractivity contribution in [1.29, 1.82) is 0 Å². The fraction of sp³-hybridized carbons (Fsp3) is 0.324. The molecule has 0 unspecified atom stereocenters. The number of nitrogens with one attached hydrogen (secondary N) is 1. The summed E-state index contributed by atoms with van der Waals surface area (Å²) in [6, 6.07) is 28.3. The van der Waals surface area contributed by atoms with Gasteiger partial charge in [-0.15, -0.1) is 0 Å². The molecule has 0 spiro atoms. The number of rotatable bonds is 12. The van der Waals surface area contributed by atoms with Gasteiger partial charge in [0.15, 0.2) is 0 Å². The molecule has 0 saturated heterocycles. The molecule has 5 rings (SSSR count). The molecule has 2 N–H and O–H groups in total. The summed E-state index contributed by atoms with van der Waals surface area (Å²) in [5.74, 6) is 2.34. The van der Waals surface area contributed by atoms with Crippen LogP contribution in [-0.4, -0.2) is 75.2 Å². The maximum absolute atomic E-state index is 13.6. The molecule has 0 aromatic heterocycles. The third-order valence-electron chi connectivity index (χ3n) is 8.38. The number of amides is 1. The van der Waals surface area contributed by atoms with Gasteiger partial charge in [-0.05, 0) is 86.3 Å². The molecule has 1 amide bonds. The number of aliphatic hydroxyl groups excluding tert-OH is 1. The second-order valence-electron chi connectivity index (χ2n) is 12.2. The van der Waals surface area contributed by atoms with E-state index in [1.165, 1.54) is 19.2 Å². The van der Waals surface area contributed by atoms with Crippen LogP contribution in [0, 0.1) is 5.92 Å². The number of nitrogens with zero attached hydrogens (tertiary/aromatic N) is 2. The van der Waals surface area contributed by atoms with Gasteiger partial charge in [-0.25, -0.2) is 8.42 Å². The molecule has 0 bridgehead atoms. The highest BCUT2D eigenvalue weighted by molar-refractivity contribution is 7.92. The molecule has 0 aliphatic carbocycles. The summed E-state index contributed by atoms with van der Waals surface area (Å²) in [7, 11) is -0.369. The van der Waals surface area contributed by atoms with Crippen molar-refractivity contribution in [3.05, 3.63) is 108 Å². The average Bonchev–Trinajstić information content (AvgIpc) is 3.12. The molecule has 0 fully saturated rings. The Kier molecular flexibility index (Phi) is 11.3. The number of anilines is 1. The number of hydrogen-bond donors (Lipinski definition) is 2. The van der Waals surface area contributed by atoms with Gasteiger partial charge in [0.05, 0.1) is 31.1 Å². The van der Waals surface area contributed by atoms with E-state index in [1.54, 1.807) is 35.2 Å². The van der Waals surface area contributed by atoms with Gasteiger partial charge in [-0.3, -0.25) is 14.4 Å². The van der Waals surface area contributed by atoms with E-state index in [-0.39, 0.29) is 35.9 Å². The van der Waals surface area contributed by atoms with Crippen LogP contribution >= 0.6 is 0 Å². The lowest BCUT2D eigenvalue weighted by Crippen LogP contribution is -2.47. The summed E-state index contributed by atoms with van der Waals surface area (Å²) < 4.78 is 46.7. The number of likely N-dealkylation sites (N-methyl/N-ethyl adjacent to an activating group) is 1. The number of fused-ring (bicyclic) bond motifs is 1. The minimum absolute atomic E-state index is 0.00947. The Bertz CT molecular complexity index is 1770. The quantitative estimate of drug-likeness (QED) is 0.201. The Balaban J connectivity index is 1.34. The molecule has 48 heavy (non-hydrogen) atoms. The monoisotopic (exact) mass is 673 g/mol. The number of para-hydroxylation sites is 1. The Labute approximate surface area is 282 Å². The van der Waals surface area contributed by atoms with Gasteiger partial charge in [0.1, 0.15) is 29.1 Å². The highest BCUT2D eigenvalue weighted by atomic mass is 32.2. The number of aliphatic hydroxyl groups is 1.